The van der Waals surface area contributed by atoms with Crippen LogP contribution in [0.15, 0.2) is 0 Å². The predicted octanol–water partition coefficient (Wildman–Crippen LogP) is 1.29. The predicted molar refractivity (Wildman–Crippen MR) is 56.0 cm³/mol. The van der Waals surface area contributed by atoms with Gasteiger partial charge in [0.2, 0.25) is 0 Å². The van der Waals surface area contributed by atoms with Crippen LogP contribution in [0.25, 0.3) is 0 Å². The van der Waals surface area contributed by atoms with E-state index in [0.29, 0.717) is 6.42 Å². The highest BCUT2D eigenvalue weighted by Crippen LogP contribution is 2.27. The number of piperidine rings is 1. The summed E-state index contributed by atoms with van der Waals surface area (Å²) >= 11 is 0. The van der Waals surface area contributed by atoms with Crippen molar-refractivity contribution >= 4 is 12.0 Å². The minimum atomic E-state index is -2.67. The van der Waals surface area contributed by atoms with Crippen molar-refractivity contribution in [2.75, 3.05) is 19.6 Å². The van der Waals surface area contributed by atoms with Gasteiger partial charge in [-0.25, -0.2) is 13.6 Å². The Morgan fingerprint density at radius 3 is 2.41 bits per heavy atom. The Balaban J connectivity index is 2.18. The van der Waals surface area contributed by atoms with Gasteiger partial charge in [-0.1, -0.05) is 0 Å². The summed E-state index contributed by atoms with van der Waals surface area (Å²) in [5.41, 5.74) is 0. The molecule has 0 aliphatic carbocycles. The Morgan fingerprint density at radius 2 is 1.88 bits per heavy atom. The molecule has 7 heteroatoms. The highest BCUT2D eigenvalue weighted by atomic mass is 19.3. The molecule has 1 aliphatic heterocycles. The second kappa shape index (κ2) is 5.79. The lowest BCUT2D eigenvalue weighted by atomic mass is 10.1. The summed E-state index contributed by atoms with van der Waals surface area (Å²) in [7, 11) is 0. The number of carbonyl (C=O) groups is 2. The van der Waals surface area contributed by atoms with Crippen molar-refractivity contribution < 1.29 is 23.5 Å². The summed E-state index contributed by atoms with van der Waals surface area (Å²) in [6.07, 6.45) is -0.297. The molecular weight excluding hydrogens is 234 g/mol. The molecule has 0 aromatic carbocycles. The van der Waals surface area contributed by atoms with E-state index in [1.165, 1.54) is 4.90 Å². The molecule has 17 heavy (non-hydrogen) atoms. The number of nitrogens with zero attached hydrogens (tertiary/aromatic N) is 1. The lowest BCUT2D eigenvalue weighted by Crippen LogP contribution is -2.47. The lowest BCUT2D eigenvalue weighted by molar-refractivity contribution is -0.137. The van der Waals surface area contributed by atoms with Crippen LogP contribution in [-0.2, 0) is 4.79 Å². The first-order valence-electron chi connectivity index (χ1n) is 5.53. The first-order chi connectivity index (χ1) is 7.91. The van der Waals surface area contributed by atoms with Crippen LogP contribution in [0.5, 0.6) is 0 Å². The number of hydrogen-bond acceptors (Lipinski definition) is 2. The molecule has 0 spiro atoms. The summed E-state index contributed by atoms with van der Waals surface area (Å²) in [4.78, 5) is 23.0. The van der Waals surface area contributed by atoms with Crippen molar-refractivity contribution in [1.29, 1.82) is 0 Å². The van der Waals surface area contributed by atoms with Gasteiger partial charge in [0.15, 0.2) is 0 Å². The van der Waals surface area contributed by atoms with E-state index in [1.807, 2.05) is 0 Å². The number of aliphatic carboxylic acids is 1. The molecule has 1 rings (SSSR count). The fraction of sp³-hybridized carbons (Fsp3) is 0.800. The summed E-state index contributed by atoms with van der Waals surface area (Å²) in [5.74, 6) is -3.59. The van der Waals surface area contributed by atoms with Crippen molar-refractivity contribution in [2.24, 2.45) is 0 Å². The highest BCUT2D eigenvalue weighted by molar-refractivity contribution is 5.74. The zero-order chi connectivity index (χ0) is 12.9. The van der Waals surface area contributed by atoms with E-state index in [-0.39, 0.29) is 38.9 Å². The molecule has 2 amide bonds. The monoisotopic (exact) mass is 250 g/mol. The van der Waals surface area contributed by atoms with Crippen molar-refractivity contribution in [3.63, 3.8) is 0 Å². The Hall–Kier alpha value is -1.40. The molecule has 0 aromatic heterocycles. The molecule has 0 radical (unpaired) electrons. The highest BCUT2D eigenvalue weighted by Gasteiger charge is 2.35. The molecule has 1 fully saturated rings. The largest absolute Gasteiger partial charge is 0.481 e. The zero-order valence-corrected chi connectivity index (χ0v) is 9.42. The molecule has 0 unspecified atom stereocenters. The molecule has 1 aliphatic rings. The Labute approximate surface area is 97.8 Å². The number of urea groups is 1. The zero-order valence-electron chi connectivity index (χ0n) is 9.42. The van der Waals surface area contributed by atoms with Gasteiger partial charge in [-0.2, -0.15) is 0 Å². The summed E-state index contributed by atoms with van der Waals surface area (Å²) in [6.45, 7) is 0.327. The van der Waals surface area contributed by atoms with Gasteiger partial charge in [0, 0.05) is 38.9 Å². The number of carbonyl (C=O) groups excluding carboxylic acids is 1. The molecule has 0 atom stereocenters. The van der Waals surface area contributed by atoms with E-state index in [2.05, 4.69) is 5.32 Å². The average molecular weight is 250 g/mol. The maximum Gasteiger partial charge on any atom is 0.317 e. The van der Waals surface area contributed by atoms with Crippen LogP contribution in [0.1, 0.15) is 25.7 Å². The number of hydrogen-bond donors (Lipinski definition) is 2. The molecule has 5 nitrogen and oxygen atoms in total. The van der Waals surface area contributed by atoms with E-state index in [4.69, 9.17) is 5.11 Å². The summed E-state index contributed by atoms with van der Waals surface area (Å²) in [5, 5.41) is 10.9. The van der Waals surface area contributed by atoms with Gasteiger partial charge in [0.25, 0.3) is 5.92 Å². The van der Waals surface area contributed by atoms with E-state index in [9.17, 15) is 18.4 Å². The molecule has 0 bridgehead atoms. The Morgan fingerprint density at radius 1 is 1.29 bits per heavy atom. The SMILES string of the molecule is O=C(O)CCCNC(=O)N1CCC(F)(F)CC1. The van der Waals surface area contributed by atoms with E-state index < -0.39 is 17.9 Å². The molecule has 98 valence electrons. The quantitative estimate of drug-likeness (QED) is 0.739. The van der Waals surface area contributed by atoms with Crippen LogP contribution in [-0.4, -0.2) is 47.6 Å². The van der Waals surface area contributed by atoms with E-state index >= 15 is 0 Å². The topological polar surface area (TPSA) is 69.6 Å². The summed E-state index contributed by atoms with van der Waals surface area (Å²) < 4.78 is 25.6. The van der Waals surface area contributed by atoms with Gasteiger partial charge in [-0.15, -0.1) is 0 Å². The van der Waals surface area contributed by atoms with Crippen LogP contribution in [0.2, 0.25) is 0 Å². The number of rotatable bonds is 4. The smallest absolute Gasteiger partial charge is 0.317 e. The normalized spacial score (nSPS) is 18.8. The third kappa shape index (κ3) is 4.97. The number of alkyl halides is 2. The minimum Gasteiger partial charge on any atom is -0.481 e. The molecule has 2 N–H and O–H groups in total. The average Bonchev–Trinajstić information content (AvgIpc) is 2.23. The van der Waals surface area contributed by atoms with Crippen LogP contribution < -0.4 is 5.32 Å². The second-order valence-corrected chi connectivity index (χ2v) is 4.07. The van der Waals surface area contributed by atoms with Gasteiger partial charge in [0.1, 0.15) is 0 Å². The van der Waals surface area contributed by atoms with Crippen LogP contribution in [0, 0.1) is 0 Å². The first kappa shape index (κ1) is 13.7. The van der Waals surface area contributed by atoms with Crippen molar-refractivity contribution in [2.45, 2.75) is 31.6 Å². The lowest BCUT2D eigenvalue weighted by Gasteiger charge is -2.31. The minimum absolute atomic E-state index is 0.0155. The van der Waals surface area contributed by atoms with Gasteiger partial charge in [-0.05, 0) is 6.42 Å². The fourth-order valence-corrected chi connectivity index (χ4v) is 1.58. The first-order valence-corrected chi connectivity index (χ1v) is 5.53. The molecule has 0 aromatic rings. The standard InChI is InChI=1S/C10H16F2N2O3/c11-10(12)3-6-14(7-4-10)9(17)13-5-1-2-8(15)16/h1-7H2,(H,13,17)(H,15,16). The van der Waals surface area contributed by atoms with Gasteiger partial charge >= 0.3 is 12.0 Å². The Kier molecular flexibility index (Phi) is 4.65. The molecule has 1 saturated heterocycles. The maximum atomic E-state index is 12.8. The molecule has 0 saturated carbocycles. The molecular formula is C10H16F2N2O3. The van der Waals surface area contributed by atoms with Crippen molar-refractivity contribution in [3.8, 4) is 0 Å². The number of nitrogens with one attached hydrogen (secondary N) is 1. The maximum absolute atomic E-state index is 12.8. The molecule has 1 heterocycles. The van der Waals surface area contributed by atoms with Crippen LogP contribution >= 0.6 is 0 Å². The number of halogens is 2. The van der Waals surface area contributed by atoms with Crippen molar-refractivity contribution in [1.82, 2.24) is 10.2 Å². The second-order valence-electron chi connectivity index (χ2n) is 4.07. The van der Waals surface area contributed by atoms with Crippen LogP contribution in [0.4, 0.5) is 13.6 Å². The number of carboxylic acids is 1. The van der Waals surface area contributed by atoms with Crippen molar-refractivity contribution in [3.05, 3.63) is 0 Å². The number of likely N-dealkylation sites (tertiary alicyclic amines) is 1. The van der Waals surface area contributed by atoms with Gasteiger partial charge in [0.05, 0.1) is 0 Å². The summed E-state index contributed by atoms with van der Waals surface area (Å²) in [6, 6.07) is -0.397. The fourth-order valence-electron chi connectivity index (χ4n) is 1.58. The third-order valence-electron chi connectivity index (χ3n) is 2.63. The van der Waals surface area contributed by atoms with Crippen LogP contribution in [0.3, 0.4) is 0 Å². The number of amides is 2. The van der Waals surface area contributed by atoms with E-state index in [0.717, 1.165) is 0 Å². The third-order valence-corrected chi connectivity index (χ3v) is 2.63. The van der Waals surface area contributed by atoms with E-state index in [1.54, 1.807) is 0 Å². The number of carboxylic acid groups (broad SMARTS) is 1. The Bertz CT molecular complexity index is 287. The van der Waals surface area contributed by atoms with Gasteiger partial charge in [-0.3, -0.25) is 4.79 Å². The van der Waals surface area contributed by atoms with Gasteiger partial charge < -0.3 is 15.3 Å².